The number of ether oxygens (including phenoxy) is 1. The lowest BCUT2D eigenvalue weighted by Crippen LogP contribution is -2.19. The number of carbonyl (C=O) groups is 1. The number of nitrogens with zero attached hydrogens (tertiary/aromatic N) is 1. The second kappa shape index (κ2) is 5.67. The summed E-state index contributed by atoms with van der Waals surface area (Å²) >= 11 is 0. The monoisotopic (exact) mass is 247 g/mol. The Kier molecular flexibility index (Phi) is 3.97. The molecule has 0 saturated heterocycles. The zero-order valence-electron chi connectivity index (χ0n) is 10.7. The molecule has 2 rings (SSSR count). The van der Waals surface area contributed by atoms with E-state index >= 15 is 0 Å². The van der Waals surface area contributed by atoms with Gasteiger partial charge in [-0.05, 0) is 43.9 Å². The van der Waals surface area contributed by atoms with E-state index in [1.54, 1.807) is 12.1 Å². The zero-order chi connectivity index (χ0) is 13.0. The first-order valence-corrected chi connectivity index (χ1v) is 6.10. The van der Waals surface area contributed by atoms with E-state index in [9.17, 15) is 4.79 Å². The van der Waals surface area contributed by atoms with Crippen LogP contribution in [-0.2, 0) is 9.57 Å². The molecule has 0 heterocycles. The minimum Gasteiger partial charge on any atom is -0.465 e. The number of methoxy groups -OCH3 is 1. The molecule has 1 aliphatic carbocycles. The van der Waals surface area contributed by atoms with Crippen LogP contribution in [0.5, 0.6) is 0 Å². The molecule has 1 aliphatic rings. The molecule has 0 N–H and O–H groups in total. The SMILES string of the molecule is COC(=O)c1cccc(/C(C)=N/OC2CCC2)c1. The van der Waals surface area contributed by atoms with E-state index in [0.29, 0.717) is 5.56 Å². The van der Waals surface area contributed by atoms with Gasteiger partial charge in [-0.2, -0.15) is 0 Å². The normalized spacial score (nSPS) is 16.0. The minimum atomic E-state index is -0.343. The van der Waals surface area contributed by atoms with Crippen molar-refractivity contribution in [3.8, 4) is 0 Å². The zero-order valence-corrected chi connectivity index (χ0v) is 10.7. The first kappa shape index (κ1) is 12.6. The van der Waals surface area contributed by atoms with Crippen LogP contribution in [0.25, 0.3) is 0 Å². The van der Waals surface area contributed by atoms with Crippen LogP contribution in [-0.4, -0.2) is 24.9 Å². The molecular formula is C14H17NO3. The van der Waals surface area contributed by atoms with Gasteiger partial charge in [0, 0.05) is 0 Å². The van der Waals surface area contributed by atoms with E-state index in [4.69, 9.17) is 4.84 Å². The van der Waals surface area contributed by atoms with Crippen LogP contribution >= 0.6 is 0 Å². The lowest BCUT2D eigenvalue weighted by molar-refractivity contribution is 0.00604. The van der Waals surface area contributed by atoms with E-state index < -0.39 is 0 Å². The molecule has 0 radical (unpaired) electrons. The number of carbonyl (C=O) groups excluding carboxylic acids is 1. The van der Waals surface area contributed by atoms with Crippen LogP contribution in [0.1, 0.15) is 42.1 Å². The van der Waals surface area contributed by atoms with Crippen molar-refractivity contribution in [1.82, 2.24) is 0 Å². The number of hydrogen-bond acceptors (Lipinski definition) is 4. The number of rotatable bonds is 4. The van der Waals surface area contributed by atoms with Crippen molar-refractivity contribution in [1.29, 1.82) is 0 Å². The maximum atomic E-state index is 11.4. The number of benzene rings is 1. The smallest absolute Gasteiger partial charge is 0.337 e. The summed E-state index contributed by atoms with van der Waals surface area (Å²) in [6, 6.07) is 7.18. The van der Waals surface area contributed by atoms with E-state index in [0.717, 1.165) is 24.1 Å². The second-order valence-corrected chi connectivity index (χ2v) is 4.41. The average Bonchev–Trinajstić information content (AvgIpc) is 2.36. The summed E-state index contributed by atoms with van der Waals surface area (Å²) in [5, 5.41) is 4.11. The standard InChI is InChI=1S/C14H17NO3/c1-10(15-18-13-7-4-8-13)11-5-3-6-12(9-11)14(16)17-2/h3,5-6,9,13H,4,7-8H2,1-2H3/b15-10+. The predicted octanol–water partition coefficient (Wildman–Crippen LogP) is 2.77. The quantitative estimate of drug-likeness (QED) is 0.467. The fourth-order valence-electron chi connectivity index (χ4n) is 1.67. The van der Waals surface area contributed by atoms with Crippen molar-refractivity contribution in [3.63, 3.8) is 0 Å². The molecule has 1 fully saturated rings. The van der Waals surface area contributed by atoms with Gasteiger partial charge in [0.1, 0.15) is 6.10 Å². The summed E-state index contributed by atoms with van der Waals surface area (Å²) in [6.07, 6.45) is 3.65. The molecule has 1 aromatic carbocycles. The van der Waals surface area contributed by atoms with Crippen LogP contribution < -0.4 is 0 Å². The van der Waals surface area contributed by atoms with Gasteiger partial charge in [0.25, 0.3) is 0 Å². The fraction of sp³-hybridized carbons (Fsp3) is 0.429. The van der Waals surface area contributed by atoms with Gasteiger partial charge in [-0.15, -0.1) is 0 Å². The van der Waals surface area contributed by atoms with E-state index in [1.807, 2.05) is 19.1 Å². The van der Waals surface area contributed by atoms with Gasteiger partial charge in [0.05, 0.1) is 18.4 Å². The summed E-state index contributed by atoms with van der Waals surface area (Å²) in [7, 11) is 1.37. The molecule has 0 amide bonds. The molecule has 4 heteroatoms. The number of esters is 1. The van der Waals surface area contributed by atoms with Gasteiger partial charge >= 0.3 is 5.97 Å². The third-order valence-electron chi connectivity index (χ3n) is 3.09. The lowest BCUT2D eigenvalue weighted by Gasteiger charge is -2.22. The molecule has 1 saturated carbocycles. The molecule has 18 heavy (non-hydrogen) atoms. The van der Waals surface area contributed by atoms with Gasteiger partial charge in [0.2, 0.25) is 0 Å². The Hall–Kier alpha value is -1.84. The van der Waals surface area contributed by atoms with Crippen LogP contribution in [0, 0.1) is 0 Å². The van der Waals surface area contributed by atoms with Crippen molar-refractivity contribution in [2.24, 2.45) is 5.16 Å². The molecule has 4 nitrogen and oxygen atoms in total. The van der Waals surface area contributed by atoms with Crippen molar-refractivity contribution in [2.75, 3.05) is 7.11 Å². The third kappa shape index (κ3) is 2.88. The van der Waals surface area contributed by atoms with E-state index in [-0.39, 0.29) is 12.1 Å². The predicted molar refractivity (Wildman–Crippen MR) is 68.7 cm³/mol. The molecule has 0 spiro atoms. The fourth-order valence-corrected chi connectivity index (χ4v) is 1.67. The molecule has 0 atom stereocenters. The Morgan fingerprint density at radius 2 is 2.06 bits per heavy atom. The van der Waals surface area contributed by atoms with Crippen LogP contribution in [0.3, 0.4) is 0 Å². The molecule has 0 bridgehead atoms. The largest absolute Gasteiger partial charge is 0.465 e. The van der Waals surface area contributed by atoms with Gasteiger partial charge in [0.15, 0.2) is 0 Å². The highest BCUT2D eigenvalue weighted by atomic mass is 16.6. The Balaban J connectivity index is 2.08. The van der Waals surface area contributed by atoms with Crippen molar-refractivity contribution >= 4 is 11.7 Å². The highest BCUT2D eigenvalue weighted by Gasteiger charge is 2.18. The molecule has 0 aromatic heterocycles. The van der Waals surface area contributed by atoms with Gasteiger partial charge in [-0.25, -0.2) is 4.79 Å². The first-order chi connectivity index (χ1) is 8.70. The highest BCUT2D eigenvalue weighted by Crippen LogP contribution is 2.22. The van der Waals surface area contributed by atoms with Gasteiger partial charge < -0.3 is 9.57 Å². The summed E-state index contributed by atoms with van der Waals surface area (Å²) < 4.78 is 4.69. The molecule has 96 valence electrons. The topological polar surface area (TPSA) is 47.9 Å². The average molecular weight is 247 g/mol. The Labute approximate surface area is 107 Å². The van der Waals surface area contributed by atoms with Crippen molar-refractivity contribution < 1.29 is 14.4 Å². The number of hydrogen-bond donors (Lipinski definition) is 0. The van der Waals surface area contributed by atoms with Crippen molar-refractivity contribution in [3.05, 3.63) is 35.4 Å². The van der Waals surface area contributed by atoms with Crippen molar-refractivity contribution in [2.45, 2.75) is 32.3 Å². The number of oxime groups is 1. The summed E-state index contributed by atoms with van der Waals surface area (Å²) in [5.41, 5.74) is 2.16. The van der Waals surface area contributed by atoms with Gasteiger partial charge in [-0.3, -0.25) is 0 Å². The Morgan fingerprint density at radius 3 is 2.67 bits per heavy atom. The first-order valence-electron chi connectivity index (χ1n) is 6.10. The summed E-state index contributed by atoms with van der Waals surface area (Å²) in [5.74, 6) is -0.343. The Bertz CT molecular complexity index is 464. The van der Waals surface area contributed by atoms with Crippen LogP contribution in [0.2, 0.25) is 0 Å². The van der Waals surface area contributed by atoms with E-state index in [2.05, 4.69) is 9.89 Å². The van der Waals surface area contributed by atoms with Crippen LogP contribution in [0.4, 0.5) is 0 Å². The maximum Gasteiger partial charge on any atom is 0.337 e. The molecule has 0 unspecified atom stereocenters. The third-order valence-corrected chi connectivity index (χ3v) is 3.09. The molecule has 1 aromatic rings. The van der Waals surface area contributed by atoms with Gasteiger partial charge in [-0.1, -0.05) is 17.3 Å². The van der Waals surface area contributed by atoms with E-state index in [1.165, 1.54) is 13.5 Å². The Morgan fingerprint density at radius 1 is 1.33 bits per heavy atom. The second-order valence-electron chi connectivity index (χ2n) is 4.41. The summed E-state index contributed by atoms with van der Waals surface area (Å²) in [6.45, 7) is 1.87. The van der Waals surface area contributed by atoms with Crippen LogP contribution in [0.15, 0.2) is 29.4 Å². The maximum absolute atomic E-state index is 11.4. The highest BCUT2D eigenvalue weighted by molar-refractivity contribution is 6.00. The minimum absolute atomic E-state index is 0.267. The lowest BCUT2D eigenvalue weighted by atomic mass is 9.97. The molecular weight excluding hydrogens is 230 g/mol. The summed E-state index contributed by atoms with van der Waals surface area (Å²) in [4.78, 5) is 16.8. The molecule has 0 aliphatic heterocycles.